The molecule has 0 spiro atoms. The van der Waals surface area contributed by atoms with E-state index in [0.29, 0.717) is 23.0 Å². The molecule has 1 heterocycles. The number of imidazole rings is 1. The number of rotatable bonds is 7. The summed E-state index contributed by atoms with van der Waals surface area (Å²) in [5.74, 6) is 0.0206. The Hall–Kier alpha value is -2.80. The first-order valence-electron chi connectivity index (χ1n) is 8.66. The van der Waals surface area contributed by atoms with E-state index in [0.717, 1.165) is 11.0 Å². The van der Waals surface area contributed by atoms with Crippen LogP contribution in [-0.2, 0) is 9.53 Å². The Morgan fingerprint density at radius 3 is 2.59 bits per heavy atom. The summed E-state index contributed by atoms with van der Waals surface area (Å²) < 4.78 is 5.18. The maximum absolute atomic E-state index is 12.1. The molecule has 1 aromatic heterocycles. The van der Waals surface area contributed by atoms with Crippen LogP contribution < -0.4 is 5.32 Å². The fourth-order valence-corrected chi connectivity index (χ4v) is 3.03. The van der Waals surface area contributed by atoms with Crippen molar-refractivity contribution in [2.45, 2.75) is 19.0 Å². The molecule has 0 aliphatic carbocycles. The Balaban J connectivity index is 1.50. The van der Waals surface area contributed by atoms with E-state index in [2.05, 4.69) is 15.3 Å². The third-order valence-electron chi connectivity index (χ3n) is 3.66. The zero-order valence-electron chi connectivity index (χ0n) is 15.2. The van der Waals surface area contributed by atoms with Crippen LogP contribution in [0.25, 0.3) is 11.0 Å². The highest BCUT2D eigenvalue weighted by atomic mass is 32.2. The number of H-pyrrole nitrogens is 1. The maximum atomic E-state index is 12.1. The molecule has 0 bridgehead atoms. The molecule has 0 radical (unpaired) electrons. The quantitative estimate of drug-likeness (QED) is 0.474. The van der Waals surface area contributed by atoms with Crippen molar-refractivity contribution in [3.63, 3.8) is 0 Å². The van der Waals surface area contributed by atoms with Crippen molar-refractivity contribution in [3.05, 3.63) is 54.1 Å². The predicted octanol–water partition coefficient (Wildman–Crippen LogP) is 4.11. The largest absolute Gasteiger partial charge is 0.462 e. The predicted molar refractivity (Wildman–Crippen MR) is 107 cm³/mol. The number of aromatic nitrogens is 2. The fourth-order valence-electron chi connectivity index (χ4n) is 2.34. The Kier molecular flexibility index (Phi) is 6.13. The molecule has 27 heavy (non-hydrogen) atoms. The minimum absolute atomic E-state index is 0.143. The fraction of sp³-hybridized carbons (Fsp3) is 0.250. The molecule has 0 unspecified atom stereocenters. The highest BCUT2D eigenvalue weighted by molar-refractivity contribution is 7.99. The molecule has 2 N–H and O–H groups in total. The van der Waals surface area contributed by atoms with Crippen molar-refractivity contribution >= 4 is 40.4 Å². The van der Waals surface area contributed by atoms with Gasteiger partial charge in [0.2, 0.25) is 5.91 Å². The third-order valence-corrected chi connectivity index (χ3v) is 4.53. The van der Waals surface area contributed by atoms with E-state index in [-0.39, 0.29) is 23.5 Å². The standard InChI is InChI=1S/C20H21N3O3S/c1-13(2)11-26-19(25)14-7-9-15(10-8-14)21-18(24)12-27-20-22-16-5-3-4-6-17(16)23-20/h3-10,13H,11-12H2,1-2H3,(H,21,24)(H,22,23). The van der Waals surface area contributed by atoms with E-state index in [4.69, 9.17) is 4.74 Å². The number of hydrogen-bond donors (Lipinski definition) is 2. The average molecular weight is 383 g/mol. The van der Waals surface area contributed by atoms with Gasteiger partial charge in [0.1, 0.15) is 0 Å². The number of ether oxygens (including phenoxy) is 1. The van der Waals surface area contributed by atoms with Crippen LogP contribution >= 0.6 is 11.8 Å². The van der Waals surface area contributed by atoms with E-state index in [1.54, 1.807) is 24.3 Å². The number of fused-ring (bicyclic) bond motifs is 1. The normalized spacial score (nSPS) is 10.9. The summed E-state index contributed by atoms with van der Waals surface area (Å²) in [6, 6.07) is 14.4. The van der Waals surface area contributed by atoms with Crippen LogP contribution in [0, 0.1) is 5.92 Å². The molecule has 3 rings (SSSR count). The molecule has 0 aliphatic heterocycles. The van der Waals surface area contributed by atoms with Crippen LogP contribution in [0.5, 0.6) is 0 Å². The molecule has 0 aliphatic rings. The lowest BCUT2D eigenvalue weighted by atomic mass is 10.2. The van der Waals surface area contributed by atoms with Gasteiger partial charge in [0, 0.05) is 5.69 Å². The van der Waals surface area contributed by atoms with Crippen LogP contribution in [0.3, 0.4) is 0 Å². The maximum Gasteiger partial charge on any atom is 0.338 e. The second kappa shape index (κ2) is 8.73. The Bertz CT molecular complexity index is 902. The summed E-state index contributed by atoms with van der Waals surface area (Å²) in [6.07, 6.45) is 0. The van der Waals surface area contributed by atoms with Crippen molar-refractivity contribution < 1.29 is 14.3 Å². The molecule has 0 saturated heterocycles. The highest BCUT2D eigenvalue weighted by Gasteiger charge is 2.10. The van der Waals surface area contributed by atoms with Crippen molar-refractivity contribution in [1.29, 1.82) is 0 Å². The minimum atomic E-state index is -0.359. The third kappa shape index (κ3) is 5.34. The van der Waals surface area contributed by atoms with Crippen molar-refractivity contribution in [1.82, 2.24) is 9.97 Å². The number of thioether (sulfide) groups is 1. The second-order valence-corrected chi connectivity index (χ2v) is 7.43. The van der Waals surface area contributed by atoms with Gasteiger partial charge in [-0.05, 0) is 42.3 Å². The molecule has 2 aromatic carbocycles. The van der Waals surface area contributed by atoms with Crippen LogP contribution in [0.1, 0.15) is 24.2 Å². The van der Waals surface area contributed by atoms with Crippen molar-refractivity contribution in [2.24, 2.45) is 5.92 Å². The summed E-state index contributed by atoms with van der Waals surface area (Å²) in [5, 5.41) is 3.51. The van der Waals surface area contributed by atoms with Crippen LogP contribution in [0.15, 0.2) is 53.7 Å². The lowest BCUT2D eigenvalue weighted by Gasteiger charge is -2.08. The molecular formula is C20H21N3O3S. The van der Waals surface area contributed by atoms with Gasteiger partial charge in [-0.25, -0.2) is 9.78 Å². The first kappa shape index (κ1) is 19.0. The highest BCUT2D eigenvalue weighted by Crippen LogP contribution is 2.19. The summed E-state index contributed by atoms with van der Waals surface area (Å²) in [6.45, 7) is 4.35. The number of benzene rings is 2. The van der Waals surface area contributed by atoms with Gasteiger partial charge in [0.05, 0.1) is 29.0 Å². The van der Waals surface area contributed by atoms with E-state index < -0.39 is 0 Å². The van der Waals surface area contributed by atoms with Gasteiger partial charge in [-0.3, -0.25) is 4.79 Å². The molecule has 0 atom stereocenters. The lowest BCUT2D eigenvalue weighted by molar-refractivity contribution is -0.113. The first-order chi connectivity index (χ1) is 13.0. The van der Waals surface area contributed by atoms with E-state index in [1.807, 2.05) is 38.1 Å². The molecule has 6 nitrogen and oxygen atoms in total. The number of carbonyl (C=O) groups is 2. The average Bonchev–Trinajstić information content (AvgIpc) is 3.08. The number of aromatic amines is 1. The number of nitrogens with one attached hydrogen (secondary N) is 2. The summed E-state index contributed by atoms with van der Waals surface area (Å²) in [5.41, 5.74) is 2.91. The molecular weight excluding hydrogens is 362 g/mol. The topological polar surface area (TPSA) is 84.1 Å². The van der Waals surface area contributed by atoms with Gasteiger partial charge >= 0.3 is 5.97 Å². The van der Waals surface area contributed by atoms with Gasteiger partial charge in [-0.15, -0.1) is 0 Å². The van der Waals surface area contributed by atoms with Crippen LogP contribution in [0.2, 0.25) is 0 Å². The molecule has 7 heteroatoms. The summed E-state index contributed by atoms with van der Waals surface area (Å²) in [4.78, 5) is 31.6. The molecule has 0 saturated carbocycles. The zero-order chi connectivity index (χ0) is 19.2. The Morgan fingerprint density at radius 2 is 1.89 bits per heavy atom. The summed E-state index contributed by atoms with van der Waals surface area (Å²) in [7, 11) is 0. The summed E-state index contributed by atoms with van der Waals surface area (Å²) >= 11 is 1.34. The number of hydrogen-bond acceptors (Lipinski definition) is 5. The monoisotopic (exact) mass is 383 g/mol. The number of amides is 1. The van der Waals surface area contributed by atoms with E-state index in [9.17, 15) is 9.59 Å². The molecule has 140 valence electrons. The molecule has 1 amide bonds. The Morgan fingerprint density at radius 1 is 1.15 bits per heavy atom. The van der Waals surface area contributed by atoms with E-state index in [1.165, 1.54) is 11.8 Å². The number of carbonyl (C=O) groups excluding carboxylic acids is 2. The van der Waals surface area contributed by atoms with Gasteiger partial charge < -0.3 is 15.0 Å². The number of anilines is 1. The number of para-hydroxylation sites is 2. The Labute approximate surface area is 161 Å². The van der Waals surface area contributed by atoms with Gasteiger partial charge in [0.25, 0.3) is 0 Å². The van der Waals surface area contributed by atoms with E-state index >= 15 is 0 Å². The lowest BCUT2D eigenvalue weighted by Crippen LogP contribution is -2.14. The van der Waals surface area contributed by atoms with Crippen molar-refractivity contribution in [3.8, 4) is 0 Å². The molecule has 0 fully saturated rings. The second-order valence-electron chi connectivity index (χ2n) is 6.47. The SMILES string of the molecule is CC(C)COC(=O)c1ccc(NC(=O)CSc2nc3ccccc3[nH]2)cc1. The van der Waals surface area contributed by atoms with Gasteiger partial charge in [-0.2, -0.15) is 0 Å². The van der Waals surface area contributed by atoms with Crippen LogP contribution in [-0.4, -0.2) is 34.2 Å². The smallest absolute Gasteiger partial charge is 0.338 e. The number of esters is 1. The van der Waals surface area contributed by atoms with Crippen molar-refractivity contribution in [2.75, 3.05) is 17.7 Å². The van der Waals surface area contributed by atoms with Crippen LogP contribution in [0.4, 0.5) is 5.69 Å². The van der Waals surface area contributed by atoms with Gasteiger partial charge in [0.15, 0.2) is 5.16 Å². The molecule has 3 aromatic rings. The zero-order valence-corrected chi connectivity index (χ0v) is 16.0. The number of nitrogens with zero attached hydrogens (tertiary/aromatic N) is 1. The minimum Gasteiger partial charge on any atom is -0.462 e. The first-order valence-corrected chi connectivity index (χ1v) is 9.64. The van der Waals surface area contributed by atoms with Gasteiger partial charge in [-0.1, -0.05) is 37.7 Å².